The summed E-state index contributed by atoms with van der Waals surface area (Å²) in [6.45, 7) is 5.73. The number of urea groups is 1. The summed E-state index contributed by atoms with van der Waals surface area (Å²) < 4.78 is 11.7. The molecule has 1 N–H and O–H groups in total. The van der Waals surface area contributed by atoms with Crippen LogP contribution in [0.1, 0.15) is 27.8 Å². The zero-order chi connectivity index (χ0) is 28.1. The number of anilines is 1. The highest BCUT2D eigenvalue weighted by atomic mass is 35.5. The molecule has 1 heterocycles. The smallest absolute Gasteiger partial charge is 0.335 e. The SMILES string of the molecule is C=CCc1cc(C=C2C(=O)NC(=O)N(c3ccc(C)c(Cl)c3)C2=O)cc(OC)c1OCc1ccccc1C#N. The van der Waals surface area contributed by atoms with Crippen molar-refractivity contribution >= 4 is 41.2 Å². The van der Waals surface area contributed by atoms with Gasteiger partial charge < -0.3 is 9.47 Å². The van der Waals surface area contributed by atoms with Gasteiger partial charge in [-0.25, -0.2) is 9.69 Å². The number of carbonyl (C=O) groups excluding carboxylic acids is 3. The van der Waals surface area contributed by atoms with Crippen LogP contribution >= 0.6 is 11.6 Å². The van der Waals surface area contributed by atoms with Crippen LogP contribution in [0.4, 0.5) is 10.5 Å². The van der Waals surface area contributed by atoms with Gasteiger partial charge in [0.25, 0.3) is 11.8 Å². The number of barbiturate groups is 1. The Labute approximate surface area is 230 Å². The Balaban J connectivity index is 1.71. The summed E-state index contributed by atoms with van der Waals surface area (Å²) in [7, 11) is 1.47. The van der Waals surface area contributed by atoms with Crippen molar-refractivity contribution in [1.29, 1.82) is 5.26 Å². The molecule has 0 aliphatic carbocycles. The summed E-state index contributed by atoms with van der Waals surface area (Å²) in [5.74, 6) is -0.811. The molecule has 4 amide bonds. The van der Waals surface area contributed by atoms with Crippen LogP contribution in [0, 0.1) is 18.3 Å². The topological polar surface area (TPSA) is 109 Å². The predicted octanol–water partition coefficient (Wildman–Crippen LogP) is 5.50. The summed E-state index contributed by atoms with van der Waals surface area (Å²) in [5, 5.41) is 12.0. The molecule has 1 aliphatic heterocycles. The van der Waals surface area contributed by atoms with Crippen LogP contribution in [-0.4, -0.2) is 25.0 Å². The zero-order valence-corrected chi connectivity index (χ0v) is 22.0. The molecule has 0 unspecified atom stereocenters. The molecule has 3 aromatic rings. The van der Waals surface area contributed by atoms with Gasteiger partial charge in [-0.1, -0.05) is 41.9 Å². The molecule has 39 heavy (non-hydrogen) atoms. The van der Waals surface area contributed by atoms with Gasteiger partial charge in [0.1, 0.15) is 12.2 Å². The first-order chi connectivity index (χ1) is 18.8. The number of imide groups is 2. The van der Waals surface area contributed by atoms with E-state index in [2.05, 4.69) is 18.0 Å². The molecule has 0 atom stereocenters. The zero-order valence-electron chi connectivity index (χ0n) is 21.3. The number of aryl methyl sites for hydroxylation is 1. The van der Waals surface area contributed by atoms with Crippen LogP contribution in [0.3, 0.4) is 0 Å². The fourth-order valence-corrected chi connectivity index (χ4v) is 4.25. The van der Waals surface area contributed by atoms with E-state index < -0.39 is 17.8 Å². The molecule has 1 aliphatic rings. The highest BCUT2D eigenvalue weighted by molar-refractivity contribution is 6.39. The van der Waals surface area contributed by atoms with Crippen molar-refractivity contribution in [2.45, 2.75) is 20.0 Å². The average molecular weight is 542 g/mol. The second kappa shape index (κ2) is 11.7. The van der Waals surface area contributed by atoms with E-state index in [0.717, 1.165) is 10.5 Å². The number of methoxy groups -OCH3 is 1. The normalized spacial score (nSPS) is 14.2. The lowest BCUT2D eigenvalue weighted by Gasteiger charge is -2.26. The Kier molecular flexibility index (Phi) is 8.13. The first kappa shape index (κ1) is 27.2. The van der Waals surface area contributed by atoms with Crippen LogP contribution in [-0.2, 0) is 22.6 Å². The molecule has 196 valence electrons. The number of hydrogen-bond donors (Lipinski definition) is 1. The lowest BCUT2D eigenvalue weighted by Crippen LogP contribution is -2.54. The maximum Gasteiger partial charge on any atom is 0.335 e. The van der Waals surface area contributed by atoms with Crippen molar-refractivity contribution in [2.24, 2.45) is 0 Å². The highest BCUT2D eigenvalue weighted by Crippen LogP contribution is 2.36. The van der Waals surface area contributed by atoms with Crippen LogP contribution in [0.15, 0.2) is 72.8 Å². The van der Waals surface area contributed by atoms with Crippen LogP contribution in [0.25, 0.3) is 6.08 Å². The minimum absolute atomic E-state index is 0.127. The third-order valence-corrected chi connectivity index (χ3v) is 6.48. The molecule has 8 nitrogen and oxygen atoms in total. The van der Waals surface area contributed by atoms with E-state index in [9.17, 15) is 19.6 Å². The van der Waals surface area contributed by atoms with Gasteiger partial charge in [0.15, 0.2) is 11.5 Å². The first-order valence-corrected chi connectivity index (χ1v) is 12.2. The molecule has 0 bridgehead atoms. The predicted molar refractivity (Wildman–Crippen MR) is 148 cm³/mol. The standard InChI is InChI=1S/C30H24ClN3O5/c1-4-7-20-12-19(14-26(38-3)27(20)39-17-22-9-6-5-8-21(22)16-32)13-24-28(35)33-30(37)34(29(24)36)23-11-10-18(2)25(31)15-23/h4-6,8-15H,1,7,17H2,2-3H3,(H,33,35,37). The Morgan fingerprint density at radius 2 is 1.87 bits per heavy atom. The number of nitriles is 1. The van der Waals surface area contributed by atoms with Gasteiger partial charge in [0, 0.05) is 16.1 Å². The van der Waals surface area contributed by atoms with E-state index in [1.165, 1.54) is 19.3 Å². The van der Waals surface area contributed by atoms with Gasteiger partial charge in [0.2, 0.25) is 0 Å². The third-order valence-electron chi connectivity index (χ3n) is 6.07. The van der Waals surface area contributed by atoms with E-state index in [0.29, 0.717) is 45.2 Å². The quantitative estimate of drug-likeness (QED) is 0.229. The van der Waals surface area contributed by atoms with Gasteiger partial charge in [-0.15, -0.1) is 6.58 Å². The number of allylic oxidation sites excluding steroid dienone is 1. The molecule has 4 rings (SSSR count). The summed E-state index contributed by atoms with van der Waals surface area (Å²) in [4.78, 5) is 39.5. The number of ether oxygens (including phenoxy) is 2. The minimum Gasteiger partial charge on any atom is -0.493 e. The molecular weight excluding hydrogens is 518 g/mol. The molecule has 0 saturated carbocycles. The molecule has 1 fully saturated rings. The van der Waals surface area contributed by atoms with Crippen LogP contribution in [0.2, 0.25) is 5.02 Å². The van der Waals surface area contributed by atoms with Crippen molar-refractivity contribution in [1.82, 2.24) is 5.32 Å². The lowest BCUT2D eigenvalue weighted by molar-refractivity contribution is -0.122. The Morgan fingerprint density at radius 3 is 2.56 bits per heavy atom. The van der Waals surface area contributed by atoms with E-state index in [4.69, 9.17) is 21.1 Å². The monoisotopic (exact) mass is 541 g/mol. The first-order valence-electron chi connectivity index (χ1n) is 11.9. The minimum atomic E-state index is -0.867. The van der Waals surface area contributed by atoms with Gasteiger partial charge in [-0.3, -0.25) is 14.9 Å². The number of nitrogens with one attached hydrogen (secondary N) is 1. The second-order valence-electron chi connectivity index (χ2n) is 8.65. The van der Waals surface area contributed by atoms with E-state index >= 15 is 0 Å². The summed E-state index contributed by atoms with van der Waals surface area (Å²) in [6, 6.07) is 16.5. The van der Waals surface area contributed by atoms with Crippen molar-refractivity contribution in [2.75, 3.05) is 12.0 Å². The number of carbonyl (C=O) groups is 3. The van der Waals surface area contributed by atoms with Gasteiger partial charge in [0.05, 0.1) is 24.4 Å². The number of rotatable bonds is 8. The van der Waals surface area contributed by atoms with Gasteiger partial charge in [-0.2, -0.15) is 5.26 Å². The number of benzene rings is 3. The second-order valence-corrected chi connectivity index (χ2v) is 9.06. The van der Waals surface area contributed by atoms with Crippen molar-refractivity contribution < 1.29 is 23.9 Å². The highest BCUT2D eigenvalue weighted by Gasteiger charge is 2.37. The third kappa shape index (κ3) is 5.69. The Hall–Kier alpha value is -4.87. The number of amides is 4. The summed E-state index contributed by atoms with van der Waals surface area (Å²) >= 11 is 6.20. The molecule has 9 heteroatoms. The Bertz CT molecular complexity index is 1570. The average Bonchev–Trinajstić information content (AvgIpc) is 2.92. The maximum absolute atomic E-state index is 13.3. The molecule has 0 radical (unpaired) electrons. The summed E-state index contributed by atoms with van der Waals surface area (Å²) in [5.41, 5.74) is 3.14. The molecule has 1 saturated heterocycles. The molecule has 0 spiro atoms. The van der Waals surface area contributed by atoms with E-state index in [-0.39, 0.29) is 17.9 Å². The van der Waals surface area contributed by atoms with Gasteiger partial charge >= 0.3 is 6.03 Å². The largest absolute Gasteiger partial charge is 0.493 e. The van der Waals surface area contributed by atoms with Crippen molar-refractivity contribution in [3.63, 3.8) is 0 Å². The molecular formula is C30H24ClN3O5. The maximum atomic E-state index is 13.3. The fraction of sp³-hybridized carbons (Fsp3) is 0.133. The van der Waals surface area contributed by atoms with Crippen molar-refractivity contribution in [3.05, 3.63) is 106 Å². The molecule has 0 aromatic heterocycles. The number of halogens is 1. The Morgan fingerprint density at radius 1 is 1.10 bits per heavy atom. The summed E-state index contributed by atoms with van der Waals surface area (Å²) in [6.07, 6.45) is 3.47. The van der Waals surface area contributed by atoms with Crippen LogP contribution < -0.4 is 19.7 Å². The number of nitrogens with zero attached hydrogens (tertiary/aromatic N) is 2. The number of hydrogen-bond acceptors (Lipinski definition) is 6. The van der Waals surface area contributed by atoms with Gasteiger partial charge in [-0.05, 0) is 60.9 Å². The van der Waals surface area contributed by atoms with Crippen molar-refractivity contribution in [3.8, 4) is 17.6 Å². The van der Waals surface area contributed by atoms with E-state index in [1.807, 2.05) is 6.07 Å². The lowest BCUT2D eigenvalue weighted by atomic mass is 10.0. The fourth-order valence-electron chi connectivity index (χ4n) is 4.07. The molecule has 3 aromatic carbocycles. The van der Waals surface area contributed by atoms with Crippen LogP contribution in [0.5, 0.6) is 11.5 Å². The van der Waals surface area contributed by atoms with E-state index in [1.54, 1.807) is 55.5 Å².